The molecule has 0 amide bonds. The van der Waals surface area contributed by atoms with Crippen LogP contribution in [0.2, 0.25) is 0 Å². The molecule has 0 unspecified atom stereocenters. The summed E-state index contributed by atoms with van der Waals surface area (Å²) in [6.07, 6.45) is 8.58. The van der Waals surface area contributed by atoms with Crippen molar-refractivity contribution in [2.24, 2.45) is 22.7 Å². The lowest BCUT2D eigenvalue weighted by Crippen LogP contribution is -2.25. The standard InChI is InChI=1S/C11H15NO/c1-13-11-7-2-3-8-6-9(8)10(12-11)5-4-7/h4-5,7-10H,2-3,6H2,1H3/t7-,8-,9+,10-/m1/s1. The number of hydrogen-bond donors (Lipinski definition) is 0. The maximum Gasteiger partial charge on any atom is 0.190 e. The average Bonchev–Trinajstić information content (AvgIpc) is 2.88. The largest absolute Gasteiger partial charge is 0.484 e. The van der Waals surface area contributed by atoms with Crippen molar-refractivity contribution in [2.45, 2.75) is 25.3 Å². The zero-order valence-electron chi connectivity index (χ0n) is 7.94. The average molecular weight is 177 g/mol. The number of rotatable bonds is 0. The third kappa shape index (κ3) is 1.11. The molecule has 0 aromatic rings. The first-order valence-electron chi connectivity index (χ1n) is 5.18. The van der Waals surface area contributed by atoms with Crippen molar-refractivity contribution >= 4 is 5.90 Å². The van der Waals surface area contributed by atoms with Crippen molar-refractivity contribution in [1.82, 2.24) is 0 Å². The Labute approximate surface area is 78.7 Å². The summed E-state index contributed by atoms with van der Waals surface area (Å²) in [4.78, 5) is 4.65. The fraction of sp³-hybridized carbons (Fsp3) is 0.727. The van der Waals surface area contributed by atoms with E-state index in [0.29, 0.717) is 12.0 Å². The van der Waals surface area contributed by atoms with Gasteiger partial charge in [-0.25, -0.2) is 4.99 Å². The topological polar surface area (TPSA) is 21.6 Å². The predicted octanol–water partition coefficient (Wildman–Crippen LogP) is 2.02. The predicted molar refractivity (Wildman–Crippen MR) is 51.7 cm³/mol. The van der Waals surface area contributed by atoms with Crippen molar-refractivity contribution in [3.8, 4) is 0 Å². The molecule has 0 aromatic heterocycles. The van der Waals surface area contributed by atoms with E-state index in [-0.39, 0.29) is 0 Å². The highest BCUT2D eigenvalue weighted by atomic mass is 16.5. The molecule has 1 fully saturated rings. The first-order valence-corrected chi connectivity index (χ1v) is 5.18. The van der Waals surface area contributed by atoms with E-state index in [9.17, 15) is 0 Å². The second-order valence-corrected chi connectivity index (χ2v) is 4.39. The Morgan fingerprint density at radius 2 is 2.31 bits per heavy atom. The van der Waals surface area contributed by atoms with Crippen molar-refractivity contribution < 1.29 is 4.74 Å². The number of ether oxygens (including phenoxy) is 1. The lowest BCUT2D eigenvalue weighted by molar-refractivity contribution is 0.352. The monoisotopic (exact) mass is 177 g/mol. The van der Waals surface area contributed by atoms with Gasteiger partial charge in [0.05, 0.1) is 19.1 Å². The number of hydrogen-bond acceptors (Lipinski definition) is 2. The third-order valence-electron chi connectivity index (χ3n) is 3.61. The minimum Gasteiger partial charge on any atom is -0.484 e. The van der Waals surface area contributed by atoms with Crippen LogP contribution in [0, 0.1) is 17.8 Å². The van der Waals surface area contributed by atoms with Crippen LogP contribution < -0.4 is 0 Å². The van der Waals surface area contributed by atoms with E-state index >= 15 is 0 Å². The second kappa shape index (κ2) is 2.60. The maximum absolute atomic E-state index is 5.33. The van der Waals surface area contributed by atoms with Crippen LogP contribution in [0.4, 0.5) is 0 Å². The summed E-state index contributed by atoms with van der Waals surface area (Å²) < 4.78 is 5.33. The van der Waals surface area contributed by atoms with Crippen molar-refractivity contribution in [3.63, 3.8) is 0 Å². The number of fused-ring (bicyclic) bond motifs is 1. The minimum atomic E-state index is 0.441. The Bertz CT molecular complexity index is 282. The summed E-state index contributed by atoms with van der Waals surface area (Å²) in [5.74, 6) is 3.25. The molecule has 4 aliphatic rings. The molecule has 1 saturated carbocycles. The molecule has 0 spiro atoms. The molecule has 2 heterocycles. The minimum absolute atomic E-state index is 0.441. The van der Waals surface area contributed by atoms with Gasteiger partial charge in [0.25, 0.3) is 0 Å². The van der Waals surface area contributed by atoms with Gasteiger partial charge in [-0.2, -0.15) is 0 Å². The van der Waals surface area contributed by atoms with E-state index in [0.717, 1.165) is 17.7 Å². The smallest absolute Gasteiger partial charge is 0.190 e. The molecule has 2 nitrogen and oxygen atoms in total. The van der Waals surface area contributed by atoms with Gasteiger partial charge in [-0.05, 0) is 31.1 Å². The highest BCUT2D eigenvalue weighted by Crippen LogP contribution is 2.49. The van der Waals surface area contributed by atoms with Gasteiger partial charge in [-0.15, -0.1) is 0 Å². The number of aliphatic imine (C=N–C) groups is 1. The molecule has 2 aliphatic carbocycles. The fourth-order valence-electron chi connectivity index (χ4n) is 2.69. The van der Waals surface area contributed by atoms with Gasteiger partial charge in [0.2, 0.25) is 0 Å². The van der Waals surface area contributed by atoms with Gasteiger partial charge in [0, 0.05) is 0 Å². The van der Waals surface area contributed by atoms with Crippen molar-refractivity contribution in [2.75, 3.05) is 7.11 Å². The molecule has 13 heavy (non-hydrogen) atoms. The normalized spacial score (nSPS) is 46.1. The van der Waals surface area contributed by atoms with Gasteiger partial charge in [-0.1, -0.05) is 12.2 Å². The molecular weight excluding hydrogens is 162 g/mol. The van der Waals surface area contributed by atoms with E-state index in [4.69, 9.17) is 4.74 Å². The molecule has 2 aliphatic heterocycles. The summed E-state index contributed by atoms with van der Waals surface area (Å²) in [5, 5.41) is 0. The summed E-state index contributed by atoms with van der Waals surface area (Å²) in [6, 6.07) is 0.441. The molecule has 2 bridgehead atoms. The third-order valence-corrected chi connectivity index (χ3v) is 3.61. The van der Waals surface area contributed by atoms with Crippen LogP contribution >= 0.6 is 0 Å². The zero-order valence-corrected chi connectivity index (χ0v) is 7.94. The highest BCUT2D eigenvalue weighted by molar-refractivity contribution is 5.82. The first kappa shape index (κ1) is 7.60. The Kier molecular flexibility index (Phi) is 1.52. The fourth-order valence-corrected chi connectivity index (χ4v) is 2.69. The molecule has 0 N–H and O–H groups in total. The van der Waals surface area contributed by atoms with Gasteiger partial charge in [0.1, 0.15) is 0 Å². The quantitative estimate of drug-likeness (QED) is 0.519. The van der Waals surface area contributed by atoms with Crippen LogP contribution in [0.25, 0.3) is 0 Å². The maximum atomic E-state index is 5.33. The molecule has 2 heteroatoms. The Balaban J connectivity index is 1.93. The summed E-state index contributed by atoms with van der Waals surface area (Å²) >= 11 is 0. The van der Waals surface area contributed by atoms with E-state index in [2.05, 4.69) is 17.1 Å². The van der Waals surface area contributed by atoms with E-state index in [1.807, 2.05) is 0 Å². The molecular formula is C11H15NO. The van der Waals surface area contributed by atoms with Crippen LogP contribution in [-0.2, 0) is 4.74 Å². The molecule has 0 radical (unpaired) electrons. The lowest BCUT2D eigenvalue weighted by atomic mass is 9.92. The van der Waals surface area contributed by atoms with Crippen LogP contribution in [0.15, 0.2) is 17.1 Å². The van der Waals surface area contributed by atoms with E-state index in [1.165, 1.54) is 19.3 Å². The lowest BCUT2D eigenvalue weighted by Gasteiger charge is -2.24. The van der Waals surface area contributed by atoms with Crippen molar-refractivity contribution in [1.29, 1.82) is 0 Å². The molecule has 0 aromatic carbocycles. The Hall–Kier alpha value is -0.790. The summed E-state index contributed by atoms with van der Waals surface area (Å²) in [7, 11) is 1.74. The zero-order chi connectivity index (χ0) is 8.84. The first-order chi connectivity index (χ1) is 6.38. The number of methoxy groups -OCH3 is 1. The van der Waals surface area contributed by atoms with Crippen LogP contribution in [0.5, 0.6) is 0 Å². The van der Waals surface area contributed by atoms with Gasteiger partial charge >= 0.3 is 0 Å². The Morgan fingerprint density at radius 3 is 3.15 bits per heavy atom. The van der Waals surface area contributed by atoms with Gasteiger partial charge in [-0.3, -0.25) is 0 Å². The number of dihydropyridines is 1. The van der Waals surface area contributed by atoms with Crippen molar-refractivity contribution in [3.05, 3.63) is 12.2 Å². The Morgan fingerprint density at radius 1 is 1.38 bits per heavy atom. The van der Waals surface area contributed by atoms with E-state index < -0.39 is 0 Å². The highest BCUT2D eigenvalue weighted by Gasteiger charge is 2.45. The SMILES string of the molecule is COC1=N[C@@H]2C=C[C@H]1CC[C@@H]1C[C@@H]12. The molecule has 4 atom stereocenters. The van der Waals surface area contributed by atoms with Crippen LogP contribution in [0.1, 0.15) is 19.3 Å². The second-order valence-electron chi connectivity index (χ2n) is 4.39. The van der Waals surface area contributed by atoms with Gasteiger partial charge in [0.15, 0.2) is 5.90 Å². The summed E-state index contributed by atoms with van der Waals surface area (Å²) in [5.41, 5.74) is 0. The van der Waals surface area contributed by atoms with Crippen LogP contribution in [0.3, 0.4) is 0 Å². The summed E-state index contributed by atoms with van der Waals surface area (Å²) in [6.45, 7) is 0. The molecule has 4 rings (SSSR count). The number of nitrogens with zero attached hydrogens (tertiary/aromatic N) is 1. The molecule has 0 saturated heterocycles. The van der Waals surface area contributed by atoms with E-state index in [1.54, 1.807) is 7.11 Å². The van der Waals surface area contributed by atoms with Gasteiger partial charge < -0.3 is 4.74 Å². The van der Waals surface area contributed by atoms with Crippen LogP contribution in [-0.4, -0.2) is 19.0 Å². The molecule has 70 valence electrons.